The molecule has 1 aliphatic heterocycles. The summed E-state index contributed by atoms with van der Waals surface area (Å²) in [6, 6.07) is 10.9. The van der Waals surface area contributed by atoms with Crippen molar-refractivity contribution in [3.63, 3.8) is 0 Å². The molecule has 2 aromatic carbocycles. The maximum absolute atomic E-state index is 13.9. The van der Waals surface area contributed by atoms with E-state index < -0.39 is 23.5 Å². The van der Waals surface area contributed by atoms with Crippen molar-refractivity contribution in [3.8, 4) is 0 Å². The first kappa shape index (κ1) is 20.8. The number of amides is 3. The van der Waals surface area contributed by atoms with Gasteiger partial charge in [0.15, 0.2) is 5.82 Å². The van der Waals surface area contributed by atoms with E-state index in [2.05, 4.69) is 5.32 Å². The van der Waals surface area contributed by atoms with Crippen LogP contribution in [0.4, 0.5) is 10.1 Å². The maximum Gasteiger partial charge on any atom is 0.312 e. The van der Waals surface area contributed by atoms with Gasteiger partial charge in [0, 0.05) is 31.2 Å². The van der Waals surface area contributed by atoms with Crippen LogP contribution in [0.25, 0.3) is 0 Å². The molecular formula is C21H21ClFN3O3. The Kier molecular flexibility index (Phi) is 6.17. The first-order chi connectivity index (χ1) is 13.8. The number of hydrogen-bond acceptors (Lipinski definition) is 3. The van der Waals surface area contributed by atoms with E-state index in [1.54, 1.807) is 35.2 Å². The van der Waals surface area contributed by atoms with Crippen LogP contribution < -0.4 is 5.32 Å². The average Bonchev–Trinajstić information content (AvgIpc) is 2.69. The molecule has 1 aliphatic rings. The highest BCUT2D eigenvalue weighted by molar-refractivity contribution is 6.35. The molecule has 2 aromatic rings. The average molecular weight is 418 g/mol. The molecule has 6 nitrogen and oxygen atoms in total. The van der Waals surface area contributed by atoms with E-state index in [0.717, 1.165) is 5.56 Å². The van der Waals surface area contributed by atoms with E-state index >= 15 is 0 Å². The number of hydrogen-bond donors (Lipinski definition) is 1. The minimum absolute atomic E-state index is 0.00120. The molecule has 0 saturated carbocycles. The summed E-state index contributed by atoms with van der Waals surface area (Å²) in [5.74, 6) is -2.19. The van der Waals surface area contributed by atoms with Crippen molar-refractivity contribution in [2.24, 2.45) is 0 Å². The van der Waals surface area contributed by atoms with Crippen LogP contribution in [-0.2, 0) is 16.1 Å². The molecule has 1 fully saturated rings. The predicted octanol–water partition coefficient (Wildman–Crippen LogP) is 3.31. The van der Waals surface area contributed by atoms with Gasteiger partial charge in [-0.05, 0) is 43.7 Å². The van der Waals surface area contributed by atoms with E-state index in [4.69, 9.17) is 11.6 Å². The second-order valence-electron chi connectivity index (χ2n) is 7.07. The zero-order valence-electron chi connectivity index (χ0n) is 16.1. The van der Waals surface area contributed by atoms with Crippen molar-refractivity contribution in [2.45, 2.75) is 26.4 Å². The molecule has 0 bridgehead atoms. The monoisotopic (exact) mass is 417 g/mol. The first-order valence-corrected chi connectivity index (χ1v) is 9.60. The summed E-state index contributed by atoms with van der Waals surface area (Å²) in [6.07, 6.45) is 0. The number of benzene rings is 2. The van der Waals surface area contributed by atoms with Crippen molar-refractivity contribution in [1.82, 2.24) is 9.80 Å². The van der Waals surface area contributed by atoms with Crippen molar-refractivity contribution < 1.29 is 18.8 Å². The zero-order chi connectivity index (χ0) is 21.1. The third-order valence-corrected chi connectivity index (χ3v) is 5.05. The van der Waals surface area contributed by atoms with Crippen LogP contribution >= 0.6 is 11.6 Å². The van der Waals surface area contributed by atoms with E-state index in [0.29, 0.717) is 18.7 Å². The normalized spacial score (nSPS) is 14.5. The Morgan fingerprint density at radius 2 is 1.79 bits per heavy atom. The topological polar surface area (TPSA) is 69.7 Å². The molecule has 0 radical (unpaired) electrons. The van der Waals surface area contributed by atoms with Crippen molar-refractivity contribution in [2.75, 3.05) is 18.4 Å². The molecule has 0 atom stereocenters. The number of nitrogens with zero attached hydrogens (tertiary/aromatic N) is 2. The number of anilines is 1. The number of carbonyl (C=O) groups is 3. The van der Waals surface area contributed by atoms with Gasteiger partial charge in [0.25, 0.3) is 5.91 Å². The Morgan fingerprint density at radius 3 is 2.45 bits per heavy atom. The lowest BCUT2D eigenvalue weighted by atomic mass is 10.1. The first-order valence-electron chi connectivity index (χ1n) is 9.22. The highest BCUT2D eigenvalue weighted by atomic mass is 35.5. The molecule has 8 heteroatoms. The Morgan fingerprint density at radius 1 is 1.10 bits per heavy atom. The lowest BCUT2D eigenvalue weighted by molar-refractivity contribution is -0.157. The molecule has 1 saturated heterocycles. The van der Waals surface area contributed by atoms with Crippen molar-refractivity contribution in [1.29, 1.82) is 0 Å². The third-order valence-electron chi connectivity index (χ3n) is 4.75. The fourth-order valence-corrected chi connectivity index (χ4v) is 3.28. The van der Waals surface area contributed by atoms with Crippen LogP contribution in [0, 0.1) is 5.82 Å². The fourth-order valence-electron chi connectivity index (χ4n) is 3.11. The van der Waals surface area contributed by atoms with Gasteiger partial charge in [-0.1, -0.05) is 29.8 Å². The van der Waals surface area contributed by atoms with Crippen LogP contribution in [0.5, 0.6) is 0 Å². The molecule has 1 N–H and O–H groups in total. The predicted molar refractivity (Wildman–Crippen MR) is 108 cm³/mol. The number of nitrogens with one attached hydrogen (secondary N) is 1. The second kappa shape index (κ2) is 8.61. The standard InChI is InChI=1S/C21H21ClFN3O3/c1-13(2)26-11-10-25(20(28)21(26)29)12-14-6-8-15(9-7-14)19(27)24-17-5-3-4-16(22)18(17)23/h3-9,13H,10-12H2,1-2H3,(H,24,27). The van der Waals surface area contributed by atoms with E-state index in [1.807, 2.05) is 13.8 Å². The molecule has 3 amide bonds. The molecular weight excluding hydrogens is 397 g/mol. The largest absolute Gasteiger partial charge is 0.330 e. The molecule has 0 aromatic heterocycles. The Labute approximate surface area is 173 Å². The summed E-state index contributed by atoms with van der Waals surface area (Å²) in [5, 5.41) is 2.41. The SMILES string of the molecule is CC(C)N1CCN(Cc2ccc(C(=O)Nc3cccc(Cl)c3F)cc2)C(=O)C1=O. The minimum Gasteiger partial charge on any atom is -0.330 e. The summed E-state index contributed by atoms with van der Waals surface area (Å²) in [5.41, 5.74) is 1.12. The summed E-state index contributed by atoms with van der Waals surface area (Å²) in [6.45, 7) is 4.98. The molecule has 1 heterocycles. The van der Waals surface area contributed by atoms with E-state index in [1.165, 1.54) is 17.0 Å². The van der Waals surface area contributed by atoms with Crippen LogP contribution in [0.15, 0.2) is 42.5 Å². The fraction of sp³-hybridized carbons (Fsp3) is 0.286. The number of rotatable bonds is 5. The quantitative estimate of drug-likeness (QED) is 0.759. The van der Waals surface area contributed by atoms with Crippen molar-refractivity contribution >= 4 is 35.0 Å². The lowest BCUT2D eigenvalue weighted by Gasteiger charge is -2.36. The third kappa shape index (κ3) is 4.56. The number of halogens is 2. The van der Waals surface area contributed by atoms with Gasteiger partial charge in [-0.25, -0.2) is 4.39 Å². The lowest BCUT2D eigenvalue weighted by Crippen LogP contribution is -2.55. The molecule has 29 heavy (non-hydrogen) atoms. The van der Waals surface area contributed by atoms with Crippen LogP contribution in [-0.4, -0.2) is 46.7 Å². The summed E-state index contributed by atoms with van der Waals surface area (Å²) < 4.78 is 13.9. The molecule has 152 valence electrons. The van der Waals surface area contributed by atoms with Gasteiger partial charge in [-0.2, -0.15) is 0 Å². The Balaban J connectivity index is 1.64. The summed E-state index contributed by atoms with van der Waals surface area (Å²) >= 11 is 5.72. The highest BCUT2D eigenvalue weighted by Gasteiger charge is 2.33. The van der Waals surface area contributed by atoms with Gasteiger partial charge in [0.05, 0.1) is 10.7 Å². The highest BCUT2D eigenvalue weighted by Crippen LogP contribution is 2.22. The Hall–Kier alpha value is -2.93. The van der Waals surface area contributed by atoms with Gasteiger partial charge in [-0.3, -0.25) is 14.4 Å². The Bertz CT molecular complexity index is 947. The van der Waals surface area contributed by atoms with Gasteiger partial charge >= 0.3 is 11.8 Å². The smallest absolute Gasteiger partial charge is 0.312 e. The summed E-state index contributed by atoms with van der Waals surface area (Å²) in [7, 11) is 0. The number of piperazine rings is 1. The zero-order valence-corrected chi connectivity index (χ0v) is 16.9. The van der Waals surface area contributed by atoms with Crippen LogP contribution in [0.1, 0.15) is 29.8 Å². The van der Waals surface area contributed by atoms with Gasteiger partial charge < -0.3 is 15.1 Å². The molecule has 0 spiro atoms. The maximum atomic E-state index is 13.9. The second-order valence-corrected chi connectivity index (χ2v) is 7.48. The summed E-state index contributed by atoms with van der Waals surface area (Å²) in [4.78, 5) is 39.9. The van der Waals surface area contributed by atoms with Crippen molar-refractivity contribution in [3.05, 3.63) is 64.4 Å². The van der Waals surface area contributed by atoms with Gasteiger partial charge in [0.1, 0.15) is 0 Å². The number of carbonyl (C=O) groups excluding carboxylic acids is 3. The van der Waals surface area contributed by atoms with Crippen LogP contribution in [0.2, 0.25) is 5.02 Å². The minimum atomic E-state index is -0.692. The van der Waals surface area contributed by atoms with Gasteiger partial charge in [0.2, 0.25) is 0 Å². The molecule has 0 aliphatic carbocycles. The molecule has 0 unspecified atom stereocenters. The van der Waals surface area contributed by atoms with E-state index in [-0.39, 0.29) is 23.3 Å². The van der Waals surface area contributed by atoms with Gasteiger partial charge in [-0.15, -0.1) is 0 Å². The molecule has 3 rings (SSSR count). The van der Waals surface area contributed by atoms with Crippen LogP contribution in [0.3, 0.4) is 0 Å². The van der Waals surface area contributed by atoms with E-state index in [9.17, 15) is 18.8 Å².